The first-order valence-corrected chi connectivity index (χ1v) is 7.69. The van der Waals surface area contributed by atoms with Crippen molar-refractivity contribution in [3.63, 3.8) is 0 Å². The molecule has 2 aromatic carbocycles. The van der Waals surface area contributed by atoms with E-state index in [0.29, 0.717) is 12.3 Å². The van der Waals surface area contributed by atoms with Crippen LogP contribution in [-0.4, -0.2) is 15.1 Å². The smallest absolute Gasteiger partial charge is 0.422 e. The van der Waals surface area contributed by atoms with Gasteiger partial charge in [0.2, 0.25) is 0 Å². The summed E-state index contributed by atoms with van der Waals surface area (Å²) in [6.45, 7) is 0. The molecule has 0 atom stereocenters. The Labute approximate surface area is 155 Å². The Morgan fingerprint density at radius 1 is 1.00 bits per heavy atom. The molecule has 0 amide bonds. The van der Waals surface area contributed by atoms with E-state index in [0.717, 1.165) is 6.07 Å². The molecule has 0 bridgehead atoms. The van der Waals surface area contributed by atoms with Crippen LogP contribution in [0.15, 0.2) is 54.9 Å². The lowest BCUT2D eigenvalue weighted by Gasteiger charge is -2.13. The molecule has 0 unspecified atom stereocenters. The number of aromatic hydroxyl groups is 2. The second-order valence-corrected chi connectivity index (χ2v) is 5.81. The molecule has 28 heavy (non-hydrogen) atoms. The molecule has 0 aliphatic rings. The van der Waals surface area contributed by atoms with Gasteiger partial charge in [-0.15, -0.1) is 0 Å². The molecule has 1 aromatic heterocycles. The number of phenolic OH excluding ortho intramolecular Hbond substituents is 2. The third-order valence-corrected chi connectivity index (χ3v) is 3.98. The molecule has 0 fully saturated rings. The van der Waals surface area contributed by atoms with E-state index in [2.05, 4.69) is 0 Å². The molecule has 0 aliphatic heterocycles. The highest BCUT2D eigenvalue weighted by Crippen LogP contribution is 2.49. The van der Waals surface area contributed by atoms with E-state index < -0.39 is 45.0 Å². The van der Waals surface area contributed by atoms with Crippen LogP contribution in [0.25, 0.3) is 22.3 Å². The van der Waals surface area contributed by atoms with E-state index in [4.69, 9.17) is 0 Å². The Balaban J connectivity index is 2.41. The molecule has 0 radical (unpaired) electrons. The number of nitro groups is 1. The summed E-state index contributed by atoms with van der Waals surface area (Å²) in [6.07, 6.45) is -4.00. The van der Waals surface area contributed by atoms with Crippen LogP contribution in [0.3, 0.4) is 0 Å². The zero-order valence-electron chi connectivity index (χ0n) is 13.8. The average Bonchev–Trinajstić information content (AvgIpc) is 2.62. The summed E-state index contributed by atoms with van der Waals surface area (Å²) in [5.41, 5.74) is -3.22. The highest BCUT2D eigenvalue weighted by Gasteiger charge is 2.36. The lowest BCUT2D eigenvalue weighted by molar-refractivity contribution is -0.606. The van der Waals surface area contributed by atoms with Crippen LogP contribution >= 0.6 is 0 Å². The van der Waals surface area contributed by atoms with E-state index in [1.54, 1.807) is 18.2 Å². The second-order valence-electron chi connectivity index (χ2n) is 5.81. The number of hydrogen-bond donors (Lipinski definition) is 2. The number of phenols is 2. The van der Waals surface area contributed by atoms with Gasteiger partial charge in [0.15, 0.2) is 23.9 Å². The molecule has 10 heteroatoms. The third kappa shape index (κ3) is 3.39. The van der Waals surface area contributed by atoms with Crippen LogP contribution < -0.4 is 4.73 Å². The van der Waals surface area contributed by atoms with E-state index >= 15 is 0 Å². The Morgan fingerprint density at radius 3 is 2.21 bits per heavy atom. The van der Waals surface area contributed by atoms with Crippen LogP contribution in [0, 0.1) is 15.3 Å². The van der Waals surface area contributed by atoms with E-state index in [1.807, 2.05) is 0 Å². The van der Waals surface area contributed by atoms with Gasteiger partial charge in [-0.1, -0.05) is 30.3 Å². The summed E-state index contributed by atoms with van der Waals surface area (Å²) in [7, 11) is 0. The monoisotopic (exact) mass is 392 g/mol. The minimum absolute atomic E-state index is 0.134. The van der Waals surface area contributed by atoms with Crippen molar-refractivity contribution in [1.82, 2.24) is 0 Å². The zero-order chi connectivity index (χ0) is 20.6. The molecule has 144 valence electrons. The number of nitro benzene ring substituents is 1. The highest BCUT2D eigenvalue weighted by atomic mass is 19.4. The molecule has 1 heterocycles. The predicted octanol–water partition coefficient (Wildman–Crippen LogP) is 3.99. The number of rotatable bonds is 3. The van der Waals surface area contributed by atoms with Gasteiger partial charge in [-0.05, 0) is 17.7 Å². The van der Waals surface area contributed by atoms with Gasteiger partial charge < -0.3 is 15.4 Å². The van der Waals surface area contributed by atoms with Crippen molar-refractivity contribution in [3.05, 3.63) is 75.7 Å². The minimum atomic E-state index is -4.90. The molecule has 3 rings (SSSR count). The normalized spacial score (nSPS) is 11.4. The topological polar surface area (TPSA) is 111 Å². The maximum atomic E-state index is 13.0. The van der Waals surface area contributed by atoms with Gasteiger partial charge in [-0.2, -0.15) is 17.9 Å². The molecule has 0 spiro atoms. The Hall–Kier alpha value is -3.82. The zero-order valence-corrected chi connectivity index (χ0v) is 13.8. The van der Waals surface area contributed by atoms with Gasteiger partial charge in [0.1, 0.15) is 11.1 Å². The summed E-state index contributed by atoms with van der Waals surface area (Å²) >= 11 is 0. The van der Waals surface area contributed by atoms with Gasteiger partial charge >= 0.3 is 6.18 Å². The third-order valence-electron chi connectivity index (χ3n) is 3.98. The van der Waals surface area contributed by atoms with Crippen molar-refractivity contribution < 1.29 is 33.0 Å². The first-order chi connectivity index (χ1) is 13.1. The quantitative estimate of drug-likeness (QED) is 0.230. The number of pyridine rings is 1. The first-order valence-electron chi connectivity index (χ1n) is 7.69. The van der Waals surface area contributed by atoms with Gasteiger partial charge in [0.05, 0.1) is 16.1 Å². The van der Waals surface area contributed by atoms with E-state index in [9.17, 15) is 38.7 Å². The van der Waals surface area contributed by atoms with Crippen molar-refractivity contribution in [3.8, 4) is 33.8 Å². The van der Waals surface area contributed by atoms with Crippen LogP contribution in [-0.2, 0) is 6.18 Å². The van der Waals surface area contributed by atoms with Crippen molar-refractivity contribution in [2.45, 2.75) is 6.18 Å². The van der Waals surface area contributed by atoms with Gasteiger partial charge in [-0.3, -0.25) is 10.1 Å². The number of hydrogen-bond acceptors (Lipinski definition) is 5. The van der Waals surface area contributed by atoms with Crippen LogP contribution in [0.2, 0.25) is 0 Å². The molecule has 2 N–H and O–H groups in total. The standard InChI is InChI=1S/C18H11F3N2O5/c19-18(20,21)12-6-11(8-22(26)9-12)15-16(23(27)28)13(7-14(24)17(15)25)10-4-2-1-3-5-10/h1-9,24-25H. The van der Waals surface area contributed by atoms with Crippen LogP contribution in [0.4, 0.5) is 18.9 Å². The SMILES string of the molecule is O=[N+]([O-])c1c(-c2ccccc2)cc(O)c(O)c1-c1cc(C(F)(F)F)c[n+]([O-])c1. The molecule has 7 nitrogen and oxygen atoms in total. The Kier molecular flexibility index (Phi) is 4.55. The highest BCUT2D eigenvalue weighted by molar-refractivity contribution is 5.91. The minimum Gasteiger partial charge on any atom is -0.619 e. The maximum absolute atomic E-state index is 13.0. The van der Waals surface area contributed by atoms with Crippen molar-refractivity contribution in [2.75, 3.05) is 0 Å². The van der Waals surface area contributed by atoms with Crippen molar-refractivity contribution in [1.29, 1.82) is 0 Å². The lowest BCUT2D eigenvalue weighted by atomic mass is 9.94. The van der Waals surface area contributed by atoms with Crippen molar-refractivity contribution >= 4 is 5.69 Å². The Morgan fingerprint density at radius 2 is 1.64 bits per heavy atom. The molecular formula is C18H11F3N2O5. The molecule has 3 aromatic rings. The van der Waals surface area contributed by atoms with E-state index in [1.165, 1.54) is 12.1 Å². The lowest BCUT2D eigenvalue weighted by Crippen LogP contribution is -2.27. The fourth-order valence-electron chi connectivity index (χ4n) is 2.79. The van der Waals surface area contributed by atoms with Gasteiger partial charge in [0.25, 0.3) is 5.69 Å². The molecule has 0 saturated carbocycles. The second kappa shape index (κ2) is 6.72. The van der Waals surface area contributed by atoms with Crippen LogP contribution in [0.5, 0.6) is 11.5 Å². The summed E-state index contributed by atoms with van der Waals surface area (Å²) in [5.74, 6) is -1.79. The van der Waals surface area contributed by atoms with Gasteiger partial charge in [0, 0.05) is 0 Å². The summed E-state index contributed by atoms with van der Waals surface area (Å²) in [5, 5.41) is 43.6. The fraction of sp³-hybridized carbons (Fsp3) is 0.0556. The van der Waals surface area contributed by atoms with Crippen molar-refractivity contribution in [2.24, 2.45) is 0 Å². The largest absolute Gasteiger partial charge is 0.619 e. The number of halogens is 3. The number of benzene rings is 2. The summed E-state index contributed by atoms with van der Waals surface area (Å²) in [6, 6.07) is 9.18. The number of aromatic nitrogens is 1. The number of alkyl halides is 3. The van der Waals surface area contributed by atoms with Crippen LogP contribution in [0.1, 0.15) is 5.56 Å². The van der Waals surface area contributed by atoms with Gasteiger partial charge in [-0.25, -0.2) is 0 Å². The molecule has 0 aliphatic carbocycles. The molecule has 0 saturated heterocycles. The Bertz CT molecular complexity index is 1070. The fourth-order valence-corrected chi connectivity index (χ4v) is 2.79. The summed E-state index contributed by atoms with van der Waals surface area (Å²) < 4.78 is 39.0. The first kappa shape index (κ1) is 19.0. The summed E-state index contributed by atoms with van der Waals surface area (Å²) in [4.78, 5) is 10.8. The predicted molar refractivity (Wildman–Crippen MR) is 91.3 cm³/mol. The molecular weight excluding hydrogens is 381 g/mol. The number of nitrogens with zero attached hydrogens (tertiary/aromatic N) is 2. The average molecular weight is 392 g/mol. The maximum Gasteiger partial charge on any atom is 0.422 e. The van der Waals surface area contributed by atoms with E-state index in [-0.39, 0.29) is 22.1 Å².